The highest BCUT2D eigenvalue weighted by Crippen LogP contribution is 2.25. The highest BCUT2D eigenvalue weighted by atomic mass is 35.5. The van der Waals surface area contributed by atoms with Gasteiger partial charge in [-0.1, -0.05) is 17.7 Å². The molecule has 0 bridgehead atoms. The SMILES string of the molecule is Nc1c(Cl)cccc1C(=O)Nc1c(F)cc(F)cc1F. The number of benzene rings is 2. The first kappa shape index (κ1) is 14.2. The van der Waals surface area contributed by atoms with Crippen molar-refractivity contribution in [1.29, 1.82) is 0 Å². The van der Waals surface area contributed by atoms with Crippen molar-refractivity contribution in [2.45, 2.75) is 0 Å². The summed E-state index contributed by atoms with van der Waals surface area (Å²) >= 11 is 5.74. The summed E-state index contributed by atoms with van der Waals surface area (Å²) in [4.78, 5) is 11.9. The zero-order chi connectivity index (χ0) is 14.9. The van der Waals surface area contributed by atoms with Crippen LogP contribution in [0.1, 0.15) is 10.4 Å². The number of halogens is 4. The van der Waals surface area contributed by atoms with E-state index in [1.165, 1.54) is 18.2 Å². The molecule has 0 aromatic heterocycles. The van der Waals surface area contributed by atoms with Crippen LogP contribution in [0.25, 0.3) is 0 Å². The fourth-order valence-corrected chi connectivity index (χ4v) is 1.75. The van der Waals surface area contributed by atoms with E-state index < -0.39 is 29.0 Å². The first-order valence-electron chi connectivity index (χ1n) is 5.40. The molecule has 2 aromatic carbocycles. The number of nitrogens with two attached hydrogens (primary N) is 1. The lowest BCUT2D eigenvalue weighted by molar-refractivity contribution is 0.102. The van der Waals surface area contributed by atoms with Crippen LogP contribution in [0.4, 0.5) is 24.5 Å². The molecule has 0 saturated heterocycles. The van der Waals surface area contributed by atoms with E-state index in [9.17, 15) is 18.0 Å². The number of amides is 1. The van der Waals surface area contributed by atoms with Crippen molar-refractivity contribution >= 4 is 28.9 Å². The molecule has 0 aliphatic rings. The molecule has 0 aliphatic heterocycles. The maximum absolute atomic E-state index is 13.4. The lowest BCUT2D eigenvalue weighted by atomic mass is 10.1. The van der Waals surface area contributed by atoms with Crippen LogP contribution in [-0.4, -0.2) is 5.91 Å². The van der Waals surface area contributed by atoms with Crippen LogP contribution < -0.4 is 11.1 Å². The molecule has 104 valence electrons. The maximum atomic E-state index is 13.4. The molecule has 3 N–H and O–H groups in total. The summed E-state index contributed by atoms with van der Waals surface area (Å²) in [7, 11) is 0. The normalized spacial score (nSPS) is 10.4. The van der Waals surface area contributed by atoms with Gasteiger partial charge >= 0.3 is 0 Å². The Balaban J connectivity index is 2.36. The third-order valence-electron chi connectivity index (χ3n) is 2.54. The summed E-state index contributed by atoms with van der Waals surface area (Å²) in [6.07, 6.45) is 0. The number of hydrogen-bond donors (Lipinski definition) is 2. The number of hydrogen-bond acceptors (Lipinski definition) is 2. The molecular weight excluding hydrogens is 293 g/mol. The minimum atomic E-state index is -1.23. The van der Waals surface area contributed by atoms with Gasteiger partial charge in [0.05, 0.1) is 16.3 Å². The van der Waals surface area contributed by atoms with Crippen LogP contribution in [0.5, 0.6) is 0 Å². The standard InChI is InChI=1S/C13H8ClF3N2O/c14-8-3-1-2-7(11(8)18)13(20)19-12-9(16)4-6(15)5-10(12)17/h1-5H,18H2,(H,19,20). The summed E-state index contributed by atoms with van der Waals surface area (Å²) in [6, 6.07) is 5.19. The van der Waals surface area contributed by atoms with Gasteiger partial charge < -0.3 is 11.1 Å². The minimum absolute atomic E-state index is 0.0189. The number of rotatable bonds is 2. The Bertz CT molecular complexity index is 668. The van der Waals surface area contributed by atoms with E-state index in [4.69, 9.17) is 17.3 Å². The number of carbonyl (C=O) groups is 1. The average molecular weight is 301 g/mol. The van der Waals surface area contributed by atoms with Crippen LogP contribution in [0.2, 0.25) is 5.02 Å². The van der Waals surface area contributed by atoms with Crippen molar-refractivity contribution in [3.63, 3.8) is 0 Å². The zero-order valence-corrected chi connectivity index (χ0v) is 10.6. The summed E-state index contributed by atoms with van der Waals surface area (Å²) in [6.45, 7) is 0. The van der Waals surface area contributed by atoms with Gasteiger partial charge in [-0.05, 0) is 12.1 Å². The Hall–Kier alpha value is -2.21. The van der Waals surface area contributed by atoms with Gasteiger partial charge in [-0.15, -0.1) is 0 Å². The molecular formula is C13H8ClF3N2O. The highest BCUT2D eigenvalue weighted by Gasteiger charge is 2.17. The third-order valence-corrected chi connectivity index (χ3v) is 2.87. The van der Waals surface area contributed by atoms with Gasteiger partial charge in [0.15, 0.2) is 11.6 Å². The first-order valence-corrected chi connectivity index (χ1v) is 5.78. The molecule has 2 aromatic rings. The minimum Gasteiger partial charge on any atom is -0.397 e. The molecule has 0 aliphatic carbocycles. The Morgan fingerprint density at radius 3 is 2.35 bits per heavy atom. The molecule has 0 saturated carbocycles. The maximum Gasteiger partial charge on any atom is 0.257 e. The van der Waals surface area contributed by atoms with Crippen molar-refractivity contribution in [2.75, 3.05) is 11.1 Å². The second-order valence-corrected chi connectivity index (χ2v) is 4.31. The highest BCUT2D eigenvalue weighted by molar-refractivity contribution is 6.34. The van der Waals surface area contributed by atoms with Gasteiger partial charge in [0.1, 0.15) is 11.5 Å². The van der Waals surface area contributed by atoms with Crippen molar-refractivity contribution in [2.24, 2.45) is 0 Å². The second kappa shape index (κ2) is 5.42. The van der Waals surface area contributed by atoms with Gasteiger partial charge in [0, 0.05) is 12.1 Å². The van der Waals surface area contributed by atoms with Crippen LogP contribution in [0.15, 0.2) is 30.3 Å². The molecule has 0 unspecified atom stereocenters. The molecule has 0 fully saturated rings. The van der Waals surface area contributed by atoms with E-state index in [2.05, 4.69) is 0 Å². The summed E-state index contributed by atoms with van der Waals surface area (Å²) in [5.41, 5.74) is 4.78. The lowest BCUT2D eigenvalue weighted by Crippen LogP contribution is -2.16. The number of nitrogen functional groups attached to an aromatic ring is 1. The monoisotopic (exact) mass is 300 g/mol. The molecule has 7 heteroatoms. The summed E-state index contributed by atoms with van der Waals surface area (Å²) in [5, 5.41) is 2.13. The van der Waals surface area contributed by atoms with Crippen molar-refractivity contribution in [3.05, 3.63) is 58.4 Å². The third kappa shape index (κ3) is 2.70. The Morgan fingerprint density at radius 1 is 1.15 bits per heavy atom. The number of nitrogens with one attached hydrogen (secondary N) is 1. The fourth-order valence-electron chi connectivity index (χ4n) is 1.58. The predicted molar refractivity (Wildman–Crippen MR) is 70.1 cm³/mol. The van der Waals surface area contributed by atoms with Crippen molar-refractivity contribution < 1.29 is 18.0 Å². The van der Waals surface area contributed by atoms with Gasteiger partial charge in [0.25, 0.3) is 5.91 Å². The molecule has 0 atom stereocenters. The van der Waals surface area contributed by atoms with E-state index in [0.717, 1.165) is 0 Å². The summed E-state index contributed by atoms with van der Waals surface area (Å²) < 4.78 is 39.6. The zero-order valence-electron chi connectivity index (χ0n) is 9.88. The Morgan fingerprint density at radius 2 is 1.75 bits per heavy atom. The summed E-state index contributed by atoms with van der Waals surface area (Å²) in [5.74, 6) is -4.39. The second-order valence-electron chi connectivity index (χ2n) is 3.90. The molecule has 2 rings (SSSR count). The van der Waals surface area contributed by atoms with E-state index in [1.54, 1.807) is 0 Å². The fraction of sp³-hybridized carbons (Fsp3) is 0. The van der Waals surface area contributed by atoms with Crippen LogP contribution >= 0.6 is 11.6 Å². The topological polar surface area (TPSA) is 55.1 Å². The molecule has 1 amide bonds. The van der Waals surface area contributed by atoms with E-state index >= 15 is 0 Å². The van der Waals surface area contributed by atoms with Gasteiger partial charge in [0.2, 0.25) is 0 Å². The van der Waals surface area contributed by atoms with E-state index in [-0.39, 0.29) is 16.3 Å². The van der Waals surface area contributed by atoms with Gasteiger partial charge in [-0.2, -0.15) is 0 Å². The van der Waals surface area contributed by atoms with Crippen LogP contribution in [0.3, 0.4) is 0 Å². The molecule has 0 radical (unpaired) electrons. The van der Waals surface area contributed by atoms with Crippen molar-refractivity contribution in [3.8, 4) is 0 Å². The molecule has 0 heterocycles. The molecule has 20 heavy (non-hydrogen) atoms. The molecule has 3 nitrogen and oxygen atoms in total. The van der Waals surface area contributed by atoms with E-state index in [1.807, 2.05) is 5.32 Å². The lowest BCUT2D eigenvalue weighted by Gasteiger charge is -2.10. The van der Waals surface area contributed by atoms with E-state index in [0.29, 0.717) is 12.1 Å². The van der Waals surface area contributed by atoms with Crippen LogP contribution in [0, 0.1) is 17.5 Å². The number of anilines is 2. The molecule has 0 spiro atoms. The predicted octanol–water partition coefficient (Wildman–Crippen LogP) is 3.59. The van der Waals surface area contributed by atoms with Gasteiger partial charge in [-0.3, -0.25) is 4.79 Å². The largest absolute Gasteiger partial charge is 0.397 e. The number of carbonyl (C=O) groups excluding carboxylic acids is 1. The van der Waals surface area contributed by atoms with Crippen LogP contribution in [-0.2, 0) is 0 Å². The quantitative estimate of drug-likeness (QED) is 0.833. The smallest absolute Gasteiger partial charge is 0.257 e. The number of para-hydroxylation sites is 1. The average Bonchev–Trinajstić information content (AvgIpc) is 2.36. The van der Waals surface area contributed by atoms with Crippen molar-refractivity contribution in [1.82, 2.24) is 0 Å². The Kier molecular flexibility index (Phi) is 3.85. The Labute approximate surface area is 117 Å². The first-order chi connectivity index (χ1) is 9.40. The van der Waals surface area contributed by atoms with Gasteiger partial charge in [-0.25, -0.2) is 13.2 Å².